The van der Waals surface area contributed by atoms with Crippen LogP contribution in [0.3, 0.4) is 0 Å². The van der Waals surface area contributed by atoms with Gasteiger partial charge in [0.1, 0.15) is 22.5 Å². The van der Waals surface area contributed by atoms with Crippen molar-refractivity contribution in [1.82, 2.24) is 20.2 Å². The van der Waals surface area contributed by atoms with Crippen molar-refractivity contribution in [3.63, 3.8) is 0 Å². The van der Waals surface area contributed by atoms with Gasteiger partial charge in [-0.15, -0.1) is 0 Å². The topological polar surface area (TPSA) is 122 Å². The number of carbonyl (C=O) groups is 1. The van der Waals surface area contributed by atoms with Crippen molar-refractivity contribution in [3.05, 3.63) is 92.5 Å². The lowest BCUT2D eigenvalue weighted by atomic mass is 10.1. The average molecular weight is 473 g/mol. The second-order valence-electron chi connectivity index (χ2n) is 7.14. The van der Waals surface area contributed by atoms with Gasteiger partial charge < -0.3 is 4.74 Å². The highest BCUT2D eigenvalue weighted by Crippen LogP contribution is 2.23. The van der Waals surface area contributed by atoms with Crippen molar-refractivity contribution in [3.8, 4) is 17.5 Å². The van der Waals surface area contributed by atoms with Crippen LogP contribution in [0.15, 0.2) is 64.5 Å². The Bertz CT molecular complexity index is 1540. The molecule has 4 rings (SSSR count). The molecule has 0 saturated heterocycles. The van der Waals surface area contributed by atoms with E-state index in [-0.39, 0.29) is 22.0 Å². The highest BCUT2D eigenvalue weighted by atomic mass is 35.5. The number of methoxy groups -OCH3 is 1. The fourth-order valence-corrected chi connectivity index (χ4v) is 3.47. The fraction of sp³-hybridized carbons (Fsp3) is 0.0833. The number of hydrogen-bond donors (Lipinski definition) is 1. The number of amides is 1. The summed E-state index contributed by atoms with van der Waals surface area (Å²) < 4.78 is 6.24. The lowest BCUT2D eigenvalue weighted by molar-refractivity contribution is 0.0947. The monoisotopic (exact) mass is 472 g/mol. The molecule has 1 amide bonds. The first-order valence-electron chi connectivity index (χ1n) is 10.00. The van der Waals surface area contributed by atoms with Crippen LogP contribution in [-0.2, 0) is 0 Å². The van der Waals surface area contributed by atoms with Gasteiger partial charge in [0.15, 0.2) is 5.69 Å². The number of ether oxygens (including phenoxy) is 1. The Kier molecular flexibility index (Phi) is 6.34. The van der Waals surface area contributed by atoms with Gasteiger partial charge in [-0.05, 0) is 43.3 Å². The number of benzene rings is 2. The number of halogens is 1. The number of pyridine rings is 1. The third kappa shape index (κ3) is 4.35. The van der Waals surface area contributed by atoms with Gasteiger partial charge in [-0.2, -0.15) is 20.1 Å². The van der Waals surface area contributed by atoms with E-state index in [2.05, 4.69) is 20.6 Å². The van der Waals surface area contributed by atoms with Crippen molar-refractivity contribution in [1.29, 1.82) is 5.26 Å². The molecule has 9 nitrogen and oxygen atoms in total. The minimum absolute atomic E-state index is 0.107. The van der Waals surface area contributed by atoms with Gasteiger partial charge in [0.05, 0.1) is 24.5 Å². The number of nitrogens with one attached hydrogen (secondary N) is 1. The first-order chi connectivity index (χ1) is 16.4. The van der Waals surface area contributed by atoms with E-state index in [1.165, 1.54) is 13.1 Å². The molecule has 1 N–H and O–H groups in total. The van der Waals surface area contributed by atoms with Crippen LogP contribution in [0.4, 0.5) is 0 Å². The molecule has 0 radical (unpaired) electrons. The highest BCUT2D eigenvalue weighted by molar-refractivity contribution is 6.32. The number of nitrogens with zero attached hydrogens (tertiary/aromatic N) is 5. The standard InChI is InChI=1S/C24H17ClN6O3/c1-14-19(12-26)24(33)31(17-6-4-3-5-7-17)30-21(14)23(32)29-27-13-16-10-15-11-18(34-2)8-9-20(15)28-22(16)25/h3-11,13H,1-2H3,(H,29,32)/b27-13-. The summed E-state index contributed by atoms with van der Waals surface area (Å²) in [4.78, 5) is 29.8. The molecule has 0 atom stereocenters. The van der Waals surface area contributed by atoms with Gasteiger partial charge in [-0.25, -0.2) is 10.4 Å². The molecule has 168 valence electrons. The summed E-state index contributed by atoms with van der Waals surface area (Å²) in [5.41, 5.74) is 3.20. The Labute approximate surface area is 198 Å². The number of aromatic nitrogens is 3. The van der Waals surface area contributed by atoms with Crippen LogP contribution in [-0.4, -0.2) is 34.0 Å². The molecule has 2 aromatic heterocycles. The van der Waals surface area contributed by atoms with E-state index in [1.807, 2.05) is 6.07 Å². The molecular weight excluding hydrogens is 456 g/mol. The molecule has 0 aliphatic heterocycles. The Morgan fingerprint density at radius 2 is 2.00 bits per heavy atom. The number of fused-ring (bicyclic) bond motifs is 1. The number of hydrazone groups is 1. The molecule has 0 unspecified atom stereocenters. The lowest BCUT2D eigenvalue weighted by Crippen LogP contribution is -2.31. The summed E-state index contributed by atoms with van der Waals surface area (Å²) in [6.45, 7) is 1.48. The van der Waals surface area contributed by atoms with Crippen molar-refractivity contribution >= 4 is 34.6 Å². The molecule has 0 saturated carbocycles. The number of hydrogen-bond acceptors (Lipinski definition) is 7. The Morgan fingerprint density at radius 1 is 1.24 bits per heavy atom. The number of para-hydroxylation sites is 1. The second kappa shape index (κ2) is 9.52. The number of nitriles is 1. The van der Waals surface area contributed by atoms with E-state index >= 15 is 0 Å². The first kappa shape index (κ1) is 22.6. The quantitative estimate of drug-likeness (QED) is 0.270. The van der Waals surface area contributed by atoms with Crippen molar-refractivity contribution in [2.75, 3.05) is 7.11 Å². The fourth-order valence-electron chi connectivity index (χ4n) is 3.27. The summed E-state index contributed by atoms with van der Waals surface area (Å²) in [7, 11) is 1.57. The van der Waals surface area contributed by atoms with Crippen molar-refractivity contribution < 1.29 is 9.53 Å². The summed E-state index contributed by atoms with van der Waals surface area (Å²) in [5, 5.41) is 18.6. The second-order valence-corrected chi connectivity index (χ2v) is 7.50. The predicted molar refractivity (Wildman–Crippen MR) is 128 cm³/mol. The van der Waals surface area contributed by atoms with Crippen molar-refractivity contribution in [2.24, 2.45) is 5.10 Å². The van der Waals surface area contributed by atoms with Gasteiger partial charge in [0.25, 0.3) is 11.5 Å². The average Bonchev–Trinajstić information content (AvgIpc) is 2.85. The zero-order chi connectivity index (χ0) is 24.2. The maximum absolute atomic E-state index is 12.8. The molecule has 0 fully saturated rings. The van der Waals surface area contributed by atoms with E-state index in [1.54, 1.807) is 61.7 Å². The van der Waals surface area contributed by atoms with Crippen LogP contribution in [0.1, 0.15) is 27.2 Å². The third-order valence-electron chi connectivity index (χ3n) is 5.04. The van der Waals surface area contributed by atoms with Gasteiger partial charge >= 0.3 is 0 Å². The Hall–Kier alpha value is -4.55. The molecule has 2 heterocycles. The number of rotatable bonds is 5. The van der Waals surface area contributed by atoms with E-state index in [0.29, 0.717) is 22.5 Å². The predicted octanol–water partition coefficient (Wildman–Crippen LogP) is 3.39. The molecule has 4 aromatic rings. The third-order valence-corrected chi connectivity index (χ3v) is 5.34. The largest absolute Gasteiger partial charge is 0.497 e. The van der Waals surface area contributed by atoms with Crippen LogP contribution in [0.25, 0.3) is 16.6 Å². The van der Waals surface area contributed by atoms with E-state index in [0.717, 1.165) is 10.1 Å². The molecule has 0 spiro atoms. The van der Waals surface area contributed by atoms with Gasteiger partial charge in [-0.1, -0.05) is 29.8 Å². The molecule has 0 aliphatic carbocycles. The van der Waals surface area contributed by atoms with Crippen LogP contribution in [0.2, 0.25) is 5.15 Å². The van der Waals surface area contributed by atoms with E-state index in [4.69, 9.17) is 16.3 Å². The Balaban J connectivity index is 1.65. The van der Waals surface area contributed by atoms with Crippen LogP contribution < -0.4 is 15.7 Å². The summed E-state index contributed by atoms with van der Waals surface area (Å²) >= 11 is 6.25. The lowest BCUT2D eigenvalue weighted by Gasteiger charge is -2.10. The minimum atomic E-state index is -0.693. The van der Waals surface area contributed by atoms with Gasteiger partial charge in [-0.3, -0.25) is 9.59 Å². The zero-order valence-corrected chi connectivity index (χ0v) is 18.9. The Morgan fingerprint density at radius 3 is 2.71 bits per heavy atom. The highest BCUT2D eigenvalue weighted by Gasteiger charge is 2.20. The van der Waals surface area contributed by atoms with Gasteiger partial charge in [0.2, 0.25) is 0 Å². The molecule has 0 bridgehead atoms. The normalized spacial score (nSPS) is 10.9. The van der Waals surface area contributed by atoms with Crippen LogP contribution >= 0.6 is 11.6 Å². The summed E-state index contributed by atoms with van der Waals surface area (Å²) in [5.74, 6) is -0.0299. The molecular formula is C24H17ClN6O3. The SMILES string of the molecule is COc1ccc2nc(Cl)c(/C=N\NC(=O)c3nn(-c4ccccc4)c(=O)c(C#N)c3C)cc2c1. The molecule has 10 heteroatoms. The molecule has 2 aromatic carbocycles. The zero-order valence-electron chi connectivity index (χ0n) is 18.1. The maximum atomic E-state index is 12.8. The van der Waals surface area contributed by atoms with Gasteiger partial charge in [0, 0.05) is 16.5 Å². The maximum Gasteiger partial charge on any atom is 0.292 e. The minimum Gasteiger partial charge on any atom is -0.497 e. The van der Waals surface area contributed by atoms with E-state index < -0.39 is 11.5 Å². The first-order valence-corrected chi connectivity index (χ1v) is 10.4. The van der Waals surface area contributed by atoms with E-state index in [9.17, 15) is 14.9 Å². The summed E-state index contributed by atoms with van der Waals surface area (Å²) in [6, 6.07) is 17.5. The van der Waals surface area contributed by atoms with Crippen LogP contribution in [0.5, 0.6) is 5.75 Å². The molecule has 34 heavy (non-hydrogen) atoms. The summed E-state index contributed by atoms with van der Waals surface area (Å²) in [6.07, 6.45) is 1.35. The van der Waals surface area contributed by atoms with Crippen molar-refractivity contribution in [2.45, 2.75) is 6.92 Å². The number of carbonyl (C=O) groups excluding carboxylic acids is 1. The smallest absolute Gasteiger partial charge is 0.292 e. The molecule has 0 aliphatic rings. The van der Waals surface area contributed by atoms with Crippen LogP contribution in [0, 0.1) is 18.3 Å².